The van der Waals surface area contributed by atoms with Gasteiger partial charge in [0.1, 0.15) is 0 Å². The number of urea groups is 1. The predicted octanol–water partition coefficient (Wildman–Crippen LogP) is 1.27. The van der Waals surface area contributed by atoms with E-state index in [1.165, 1.54) is 12.8 Å². The molecule has 0 aromatic carbocycles. The number of carbonyl (C=O) groups is 2. The maximum absolute atomic E-state index is 11.5. The first-order valence-corrected chi connectivity index (χ1v) is 7.42. The lowest BCUT2D eigenvalue weighted by Gasteiger charge is -2.16. The summed E-state index contributed by atoms with van der Waals surface area (Å²) < 4.78 is 0. The van der Waals surface area contributed by atoms with Crippen molar-refractivity contribution in [3.63, 3.8) is 0 Å². The highest BCUT2D eigenvalue weighted by atomic mass is 16.4. The first-order chi connectivity index (χ1) is 9.49. The molecule has 0 radical (unpaired) electrons. The standard InChI is InChI=1S/C14H27N3O3/c1-11(3-6-13(18)19)7-8-15-14(20)16-9-10-17(2)12-4-5-12/h11-12H,3-10H2,1-2H3,(H,18,19)(H2,15,16,20). The molecule has 116 valence electrons. The summed E-state index contributed by atoms with van der Waals surface area (Å²) in [6.45, 7) is 4.14. The van der Waals surface area contributed by atoms with Crippen LogP contribution in [-0.4, -0.2) is 54.7 Å². The number of aliphatic carboxylic acids is 1. The molecule has 1 rings (SSSR count). The Kier molecular flexibility index (Phi) is 7.36. The molecular weight excluding hydrogens is 258 g/mol. The summed E-state index contributed by atoms with van der Waals surface area (Å²) in [6, 6.07) is 0.578. The van der Waals surface area contributed by atoms with Gasteiger partial charge in [-0.25, -0.2) is 4.79 Å². The average Bonchev–Trinajstić information content (AvgIpc) is 3.20. The molecule has 0 bridgehead atoms. The first kappa shape index (κ1) is 16.8. The maximum atomic E-state index is 11.5. The molecule has 1 saturated carbocycles. The second kappa shape index (κ2) is 8.79. The summed E-state index contributed by atoms with van der Waals surface area (Å²) in [5.74, 6) is -0.449. The summed E-state index contributed by atoms with van der Waals surface area (Å²) in [5, 5.41) is 14.2. The minimum atomic E-state index is -0.762. The lowest BCUT2D eigenvalue weighted by atomic mass is 10.0. The molecule has 0 aliphatic heterocycles. The van der Waals surface area contributed by atoms with Gasteiger partial charge in [0.15, 0.2) is 0 Å². The third kappa shape index (κ3) is 7.99. The van der Waals surface area contributed by atoms with E-state index in [0.717, 1.165) is 19.0 Å². The molecule has 0 saturated heterocycles. The number of hydrogen-bond donors (Lipinski definition) is 3. The highest BCUT2D eigenvalue weighted by molar-refractivity contribution is 5.73. The van der Waals surface area contributed by atoms with Crippen LogP contribution in [0.3, 0.4) is 0 Å². The van der Waals surface area contributed by atoms with Gasteiger partial charge in [0.25, 0.3) is 0 Å². The SMILES string of the molecule is CC(CCNC(=O)NCCN(C)C1CC1)CCC(=O)O. The topological polar surface area (TPSA) is 81.7 Å². The monoisotopic (exact) mass is 285 g/mol. The molecule has 20 heavy (non-hydrogen) atoms. The summed E-state index contributed by atoms with van der Waals surface area (Å²) in [7, 11) is 2.08. The number of rotatable bonds is 10. The van der Waals surface area contributed by atoms with Crippen LogP contribution in [0.25, 0.3) is 0 Å². The molecule has 3 N–H and O–H groups in total. The lowest BCUT2D eigenvalue weighted by molar-refractivity contribution is -0.137. The molecule has 1 atom stereocenters. The van der Waals surface area contributed by atoms with Gasteiger partial charge in [-0.1, -0.05) is 6.92 Å². The summed E-state index contributed by atoms with van der Waals surface area (Å²) in [4.78, 5) is 24.2. The Balaban J connectivity index is 1.94. The maximum Gasteiger partial charge on any atom is 0.314 e. The van der Waals surface area contributed by atoms with E-state index >= 15 is 0 Å². The van der Waals surface area contributed by atoms with E-state index in [-0.39, 0.29) is 12.5 Å². The molecule has 0 aromatic heterocycles. The number of carboxylic acid groups (broad SMARTS) is 1. The van der Waals surface area contributed by atoms with Crippen LogP contribution in [0.4, 0.5) is 4.79 Å². The minimum absolute atomic E-state index is 0.139. The van der Waals surface area contributed by atoms with Crippen molar-refractivity contribution in [1.29, 1.82) is 0 Å². The Morgan fingerprint density at radius 3 is 2.50 bits per heavy atom. The average molecular weight is 285 g/mol. The van der Waals surface area contributed by atoms with E-state index in [4.69, 9.17) is 5.11 Å². The number of nitrogens with zero attached hydrogens (tertiary/aromatic N) is 1. The van der Waals surface area contributed by atoms with E-state index in [9.17, 15) is 9.59 Å². The van der Waals surface area contributed by atoms with Crippen LogP contribution in [-0.2, 0) is 4.79 Å². The molecule has 0 spiro atoms. The lowest BCUT2D eigenvalue weighted by Crippen LogP contribution is -2.40. The van der Waals surface area contributed by atoms with Gasteiger partial charge in [0.05, 0.1) is 0 Å². The smallest absolute Gasteiger partial charge is 0.314 e. The molecule has 1 unspecified atom stereocenters. The second-order valence-electron chi connectivity index (χ2n) is 5.72. The Bertz CT molecular complexity index is 319. The fourth-order valence-corrected chi connectivity index (χ4v) is 2.05. The van der Waals surface area contributed by atoms with Crippen molar-refractivity contribution in [1.82, 2.24) is 15.5 Å². The van der Waals surface area contributed by atoms with Gasteiger partial charge < -0.3 is 20.6 Å². The molecular formula is C14H27N3O3. The van der Waals surface area contributed by atoms with Gasteiger partial charge in [0, 0.05) is 32.1 Å². The van der Waals surface area contributed by atoms with Crippen LogP contribution in [0, 0.1) is 5.92 Å². The zero-order valence-corrected chi connectivity index (χ0v) is 12.5. The zero-order valence-electron chi connectivity index (χ0n) is 12.5. The molecule has 1 aliphatic rings. The molecule has 0 aromatic rings. The molecule has 1 fully saturated rings. The normalized spacial score (nSPS) is 15.9. The van der Waals surface area contributed by atoms with Crippen molar-refractivity contribution in [2.45, 2.75) is 45.1 Å². The number of carboxylic acids is 1. The first-order valence-electron chi connectivity index (χ1n) is 7.42. The fourth-order valence-electron chi connectivity index (χ4n) is 2.05. The Labute approximate surface area is 120 Å². The molecule has 6 heteroatoms. The zero-order chi connectivity index (χ0) is 15.0. The number of nitrogens with one attached hydrogen (secondary N) is 2. The predicted molar refractivity (Wildman–Crippen MR) is 77.7 cm³/mol. The number of hydrogen-bond acceptors (Lipinski definition) is 3. The van der Waals surface area contributed by atoms with Gasteiger partial charge >= 0.3 is 12.0 Å². The van der Waals surface area contributed by atoms with Gasteiger partial charge in [0.2, 0.25) is 0 Å². The Morgan fingerprint density at radius 1 is 1.25 bits per heavy atom. The third-order valence-electron chi connectivity index (χ3n) is 3.69. The fraction of sp³-hybridized carbons (Fsp3) is 0.857. The van der Waals surface area contributed by atoms with E-state index in [1.54, 1.807) is 0 Å². The number of carbonyl (C=O) groups excluding carboxylic acids is 1. The van der Waals surface area contributed by atoms with Crippen LogP contribution in [0.1, 0.15) is 39.0 Å². The second-order valence-corrected chi connectivity index (χ2v) is 5.72. The molecule has 0 heterocycles. The van der Waals surface area contributed by atoms with E-state index in [0.29, 0.717) is 25.4 Å². The van der Waals surface area contributed by atoms with Crippen molar-refractivity contribution >= 4 is 12.0 Å². The van der Waals surface area contributed by atoms with Gasteiger partial charge in [-0.05, 0) is 38.6 Å². The quantitative estimate of drug-likeness (QED) is 0.564. The molecule has 6 nitrogen and oxygen atoms in total. The van der Waals surface area contributed by atoms with Crippen molar-refractivity contribution in [2.75, 3.05) is 26.7 Å². The van der Waals surface area contributed by atoms with Crippen LogP contribution in [0.15, 0.2) is 0 Å². The van der Waals surface area contributed by atoms with Crippen molar-refractivity contribution in [3.05, 3.63) is 0 Å². The van der Waals surface area contributed by atoms with Crippen LogP contribution >= 0.6 is 0 Å². The highest BCUT2D eigenvalue weighted by Crippen LogP contribution is 2.24. The van der Waals surface area contributed by atoms with E-state index in [1.807, 2.05) is 6.92 Å². The van der Waals surface area contributed by atoms with E-state index < -0.39 is 5.97 Å². The van der Waals surface area contributed by atoms with Crippen molar-refractivity contribution in [2.24, 2.45) is 5.92 Å². The summed E-state index contributed by atoms with van der Waals surface area (Å²) in [6.07, 6.45) is 4.21. The molecule has 1 aliphatic carbocycles. The van der Waals surface area contributed by atoms with Gasteiger partial charge in [-0.3, -0.25) is 4.79 Å². The Hall–Kier alpha value is -1.30. The van der Waals surface area contributed by atoms with Gasteiger partial charge in [-0.2, -0.15) is 0 Å². The van der Waals surface area contributed by atoms with Crippen LogP contribution in [0.2, 0.25) is 0 Å². The van der Waals surface area contributed by atoms with Crippen LogP contribution < -0.4 is 10.6 Å². The van der Waals surface area contributed by atoms with Crippen molar-refractivity contribution in [3.8, 4) is 0 Å². The third-order valence-corrected chi connectivity index (χ3v) is 3.69. The van der Waals surface area contributed by atoms with E-state index in [2.05, 4.69) is 22.6 Å². The highest BCUT2D eigenvalue weighted by Gasteiger charge is 2.25. The molecule has 2 amide bonds. The summed E-state index contributed by atoms with van der Waals surface area (Å²) in [5.41, 5.74) is 0. The number of amides is 2. The van der Waals surface area contributed by atoms with Crippen molar-refractivity contribution < 1.29 is 14.7 Å². The number of likely N-dealkylation sites (N-methyl/N-ethyl adjacent to an activating group) is 1. The Morgan fingerprint density at radius 2 is 1.90 bits per heavy atom. The minimum Gasteiger partial charge on any atom is -0.481 e. The summed E-state index contributed by atoms with van der Waals surface area (Å²) >= 11 is 0. The van der Waals surface area contributed by atoms with Gasteiger partial charge in [-0.15, -0.1) is 0 Å². The largest absolute Gasteiger partial charge is 0.481 e. The van der Waals surface area contributed by atoms with Crippen LogP contribution in [0.5, 0.6) is 0 Å².